The van der Waals surface area contributed by atoms with Gasteiger partial charge in [-0.25, -0.2) is 9.88 Å². The predicted octanol–water partition coefficient (Wildman–Crippen LogP) is -0.471. The van der Waals surface area contributed by atoms with E-state index in [0.717, 1.165) is 12.8 Å². The molecule has 0 bridgehead atoms. The van der Waals surface area contributed by atoms with Gasteiger partial charge in [-0.15, -0.1) is 0 Å². The van der Waals surface area contributed by atoms with Crippen molar-refractivity contribution in [2.45, 2.75) is 37.4 Å². The van der Waals surface area contributed by atoms with E-state index in [9.17, 15) is 4.79 Å². The highest BCUT2D eigenvalue weighted by atomic mass is 31.1. The van der Waals surface area contributed by atoms with Gasteiger partial charge in [-0.1, -0.05) is 0 Å². The molecule has 3 unspecified atom stereocenters. The van der Waals surface area contributed by atoms with Crippen molar-refractivity contribution in [2.75, 3.05) is 18.6 Å². The molecule has 3 aliphatic rings. The summed E-state index contributed by atoms with van der Waals surface area (Å²) >= 11 is 0. The Morgan fingerprint density at radius 1 is 1.55 bits per heavy atom. The van der Waals surface area contributed by atoms with Crippen LogP contribution in [0.3, 0.4) is 0 Å². The second-order valence-electron chi connectivity index (χ2n) is 5.59. The zero-order valence-corrected chi connectivity index (χ0v) is 12.8. The molecule has 1 aromatic heterocycles. The number of aromatic nitrogens is 2. The monoisotopic (exact) mass is 327 g/mol. The number of carbonyl (C=O) groups is 1. The average molecular weight is 327 g/mol. The number of rotatable bonds is 4. The molecule has 4 heterocycles. The summed E-state index contributed by atoms with van der Waals surface area (Å²) in [5.41, 5.74) is 0. The fourth-order valence-corrected chi connectivity index (χ4v) is 3.59. The molecule has 22 heavy (non-hydrogen) atoms. The van der Waals surface area contributed by atoms with Gasteiger partial charge in [0.05, 0.1) is 19.4 Å². The molecule has 4 rings (SSSR count). The Labute approximate surface area is 128 Å². The van der Waals surface area contributed by atoms with Gasteiger partial charge in [0.2, 0.25) is 5.95 Å². The lowest BCUT2D eigenvalue weighted by atomic mass is 10.1. The van der Waals surface area contributed by atoms with Gasteiger partial charge in [0.1, 0.15) is 18.4 Å². The number of nitrogens with zero attached hydrogens (tertiary/aromatic N) is 3. The van der Waals surface area contributed by atoms with E-state index in [0.29, 0.717) is 19.2 Å². The van der Waals surface area contributed by atoms with Gasteiger partial charge in [-0.05, 0) is 12.8 Å². The first kappa shape index (κ1) is 14.5. The minimum atomic E-state index is -0.510. The third kappa shape index (κ3) is 2.34. The molecule has 0 amide bonds. The van der Waals surface area contributed by atoms with Crippen LogP contribution in [0.15, 0.2) is 12.4 Å². The number of fused-ring (bicyclic) bond motifs is 2. The zero-order valence-electron chi connectivity index (χ0n) is 11.8. The molecule has 5 atom stereocenters. The predicted molar refractivity (Wildman–Crippen MR) is 78.3 cm³/mol. The van der Waals surface area contributed by atoms with Crippen molar-refractivity contribution in [3.8, 4) is 0 Å². The fraction of sp³-hybridized carbons (Fsp3) is 0.667. The van der Waals surface area contributed by atoms with Crippen molar-refractivity contribution < 1.29 is 18.9 Å². The molecule has 0 aromatic carbocycles. The first-order chi connectivity index (χ1) is 10.8. The van der Waals surface area contributed by atoms with Gasteiger partial charge in [0.25, 0.3) is 5.91 Å². The van der Waals surface area contributed by atoms with E-state index in [-0.39, 0.29) is 30.4 Å². The standard InChI is InChI=1S/C12H18N5O4P/c18-11-9-10(15-12-13-3-4-16(11)12)17(6-14-9)8-2-1-7(21-8)5-20-22-19/h3-4,7-10,14,19,22H,1-2,5-6H2,(H,13,15)/t7-,8+,9?,10?/m0/s1. The molecule has 0 radical (unpaired) electrons. The molecule has 0 saturated carbocycles. The summed E-state index contributed by atoms with van der Waals surface area (Å²) in [5.74, 6) is 0.567. The quantitative estimate of drug-likeness (QED) is 0.638. The summed E-state index contributed by atoms with van der Waals surface area (Å²) < 4.78 is 12.5. The number of ether oxygens (including phenoxy) is 1. The minimum absolute atomic E-state index is 0.00175. The Hall–Kier alpha value is -1.09. The highest BCUT2D eigenvalue weighted by Gasteiger charge is 2.47. The van der Waals surface area contributed by atoms with Gasteiger partial charge in [0, 0.05) is 12.4 Å². The maximum atomic E-state index is 12.4. The van der Waals surface area contributed by atoms with Crippen LogP contribution in [0.2, 0.25) is 0 Å². The number of imidazole rings is 1. The Kier molecular flexibility index (Phi) is 3.85. The van der Waals surface area contributed by atoms with Crippen LogP contribution in [0.25, 0.3) is 0 Å². The highest BCUT2D eigenvalue weighted by molar-refractivity contribution is 7.24. The smallest absolute Gasteiger partial charge is 0.254 e. The topological polar surface area (TPSA) is 101 Å². The van der Waals surface area contributed by atoms with Crippen LogP contribution in [0, 0.1) is 0 Å². The normalized spacial score (nSPS) is 35.0. The van der Waals surface area contributed by atoms with Crippen LogP contribution in [-0.2, 0) is 9.26 Å². The van der Waals surface area contributed by atoms with Crippen molar-refractivity contribution in [1.29, 1.82) is 0 Å². The van der Waals surface area contributed by atoms with Crippen molar-refractivity contribution in [2.24, 2.45) is 0 Å². The van der Waals surface area contributed by atoms with Gasteiger partial charge in [-0.3, -0.25) is 14.7 Å². The minimum Gasteiger partial charge on any atom is -0.357 e. The van der Waals surface area contributed by atoms with E-state index >= 15 is 0 Å². The van der Waals surface area contributed by atoms with Gasteiger partial charge >= 0.3 is 0 Å². The molecule has 1 aromatic rings. The lowest BCUT2D eigenvalue weighted by molar-refractivity contribution is -0.0676. The third-order valence-corrected chi connectivity index (χ3v) is 4.67. The summed E-state index contributed by atoms with van der Waals surface area (Å²) in [6.07, 6.45) is 4.79. The van der Waals surface area contributed by atoms with Crippen LogP contribution in [-0.4, -0.2) is 63.1 Å². The van der Waals surface area contributed by atoms with Crippen molar-refractivity contribution in [1.82, 2.24) is 19.8 Å². The number of hydrogen-bond donors (Lipinski definition) is 3. The van der Waals surface area contributed by atoms with E-state index < -0.39 is 9.03 Å². The third-order valence-electron chi connectivity index (χ3n) is 4.38. The first-order valence-electron chi connectivity index (χ1n) is 7.27. The largest absolute Gasteiger partial charge is 0.357 e. The molecular formula is C12H18N5O4P. The average Bonchev–Trinajstić information content (AvgIpc) is 3.24. The Balaban J connectivity index is 1.46. The number of carbonyl (C=O) groups excluding carboxylic acids is 1. The molecule has 10 heteroatoms. The zero-order chi connectivity index (χ0) is 15.1. The molecule has 0 spiro atoms. The summed E-state index contributed by atoms with van der Waals surface area (Å²) in [5, 5.41) is 6.54. The number of nitrogens with one attached hydrogen (secondary N) is 2. The lowest BCUT2D eigenvalue weighted by Gasteiger charge is -2.34. The Morgan fingerprint density at radius 2 is 2.45 bits per heavy atom. The molecule has 9 nitrogen and oxygen atoms in total. The number of hydrogen-bond acceptors (Lipinski definition) is 8. The molecule has 3 N–H and O–H groups in total. The summed E-state index contributed by atoms with van der Waals surface area (Å²) in [6.45, 7) is 0.983. The van der Waals surface area contributed by atoms with Gasteiger partial charge < -0.3 is 19.5 Å². The Morgan fingerprint density at radius 3 is 3.32 bits per heavy atom. The summed E-state index contributed by atoms with van der Waals surface area (Å²) in [6, 6.07) is -0.306. The summed E-state index contributed by atoms with van der Waals surface area (Å²) in [4.78, 5) is 27.5. The summed E-state index contributed by atoms with van der Waals surface area (Å²) in [7, 11) is -0.510. The highest BCUT2D eigenvalue weighted by Crippen LogP contribution is 2.30. The van der Waals surface area contributed by atoms with E-state index in [2.05, 4.69) is 20.5 Å². The molecule has 2 fully saturated rings. The maximum Gasteiger partial charge on any atom is 0.254 e. The molecular weight excluding hydrogens is 309 g/mol. The van der Waals surface area contributed by atoms with Crippen molar-refractivity contribution in [3.05, 3.63) is 12.4 Å². The molecule has 2 saturated heterocycles. The number of anilines is 1. The Bertz CT molecular complexity index is 569. The molecule has 3 aliphatic heterocycles. The van der Waals surface area contributed by atoms with Crippen molar-refractivity contribution >= 4 is 20.9 Å². The van der Waals surface area contributed by atoms with Crippen LogP contribution in [0.4, 0.5) is 5.95 Å². The van der Waals surface area contributed by atoms with E-state index in [1.165, 1.54) is 4.57 Å². The van der Waals surface area contributed by atoms with Crippen LogP contribution >= 0.6 is 9.03 Å². The van der Waals surface area contributed by atoms with Gasteiger partial charge in [0.15, 0.2) is 9.03 Å². The van der Waals surface area contributed by atoms with Crippen LogP contribution in [0.5, 0.6) is 0 Å². The second kappa shape index (κ2) is 5.84. The molecule has 120 valence electrons. The fourth-order valence-electron chi connectivity index (χ4n) is 3.33. The van der Waals surface area contributed by atoms with E-state index in [1.54, 1.807) is 12.4 Å². The van der Waals surface area contributed by atoms with Gasteiger partial charge in [-0.2, -0.15) is 0 Å². The lowest BCUT2D eigenvalue weighted by Crippen LogP contribution is -2.54. The van der Waals surface area contributed by atoms with Crippen molar-refractivity contribution in [3.63, 3.8) is 0 Å². The SMILES string of the molecule is O=C1C2NCN([C@H]3CC[C@@H](COPO)O3)C2Nc2nccn21. The second-order valence-corrected chi connectivity index (χ2v) is 6.07. The van der Waals surface area contributed by atoms with E-state index in [4.69, 9.17) is 14.2 Å². The van der Waals surface area contributed by atoms with Crippen LogP contribution in [0.1, 0.15) is 17.6 Å². The first-order valence-corrected chi connectivity index (χ1v) is 8.13. The molecule has 0 aliphatic carbocycles. The maximum absolute atomic E-state index is 12.4. The van der Waals surface area contributed by atoms with Crippen LogP contribution < -0.4 is 10.6 Å². The van der Waals surface area contributed by atoms with E-state index in [1.807, 2.05) is 0 Å².